The summed E-state index contributed by atoms with van der Waals surface area (Å²) in [5.74, 6) is 0.0158. The number of aliphatic hydroxyl groups excluding tert-OH is 1. The van der Waals surface area contributed by atoms with E-state index in [1.165, 1.54) is 0 Å². The number of carbonyl (C=O) groups excluding carboxylic acids is 1. The van der Waals surface area contributed by atoms with E-state index in [9.17, 15) is 4.79 Å². The number of hydrogen-bond acceptors (Lipinski definition) is 2. The third-order valence-electron chi connectivity index (χ3n) is 2.94. The molecule has 0 saturated carbocycles. The molecule has 0 aromatic heterocycles. The zero-order chi connectivity index (χ0) is 13.7. The molecular weight excluding hydrogens is 252 g/mol. The molecule has 2 atom stereocenters. The third kappa shape index (κ3) is 4.20. The van der Waals surface area contributed by atoms with E-state index < -0.39 is 0 Å². The molecule has 0 bridgehead atoms. The van der Waals surface area contributed by atoms with E-state index in [4.69, 9.17) is 16.7 Å². The lowest BCUT2D eigenvalue weighted by molar-refractivity contribution is 0.204. The summed E-state index contributed by atoms with van der Waals surface area (Å²) in [6, 6.07) is 4.90. The quantitative estimate of drug-likeness (QED) is 0.788. The van der Waals surface area contributed by atoms with E-state index in [1.807, 2.05) is 20.8 Å². The van der Waals surface area contributed by atoms with Gasteiger partial charge < -0.3 is 15.7 Å². The van der Waals surface area contributed by atoms with Crippen LogP contribution in [0.25, 0.3) is 0 Å². The Balaban J connectivity index is 2.59. The summed E-state index contributed by atoms with van der Waals surface area (Å²) < 4.78 is 0. The van der Waals surface area contributed by atoms with Gasteiger partial charge in [-0.05, 0) is 43.5 Å². The number of halogens is 1. The number of amides is 2. The van der Waals surface area contributed by atoms with E-state index >= 15 is 0 Å². The minimum Gasteiger partial charge on any atom is -0.396 e. The van der Waals surface area contributed by atoms with Crippen LogP contribution >= 0.6 is 11.6 Å². The second kappa shape index (κ2) is 6.61. The minimum atomic E-state index is -0.284. The van der Waals surface area contributed by atoms with Crippen LogP contribution in [0.3, 0.4) is 0 Å². The standard InChI is InChI=1S/C13H19ClN2O2/c1-8-6-11(14)4-5-12(8)16-13(18)15-10(3)9(2)7-17/h4-6,9-10,17H,7H2,1-3H3,(H2,15,16,18). The third-order valence-corrected chi connectivity index (χ3v) is 3.17. The second-order valence-electron chi connectivity index (χ2n) is 4.51. The smallest absolute Gasteiger partial charge is 0.319 e. The van der Waals surface area contributed by atoms with Gasteiger partial charge in [0.2, 0.25) is 0 Å². The van der Waals surface area contributed by atoms with Gasteiger partial charge in [-0.3, -0.25) is 0 Å². The first-order valence-corrected chi connectivity index (χ1v) is 6.26. The number of nitrogens with one attached hydrogen (secondary N) is 2. The van der Waals surface area contributed by atoms with Crippen LogP contribution in [0.2, 0.25) is 5.02 Å². The average Bonchev–Trinajstić information content (AvgIpc) is 2.31. The van der Waals surface area contributed by atoms with Crippen molar-refractivity contribution in [3.05, 3.63) is 28.8 Å². The van der Waals surface area contributed by atoms with Crippen molar-refractivity contribution < 1.29 is 9.90 Å². The van der Waals surface area contributed by atoms with E-state index in [0.29, 0.717) is 5.02 Å². The van der Waals surface area contributed by atoms with Crippen molar-refractivity contribution in [2.45, 2.75) is 26.8 Å². The Morgan fingerprint density at radius 1 is 1.44 bits per heavy atom. The summed E-state index contributed by atoms with van der Waals surface area (Å²) in [4.78, 5) is 11.7. The van der Waals surface area contributed by atoms with Crippen LogP contribution in [0.4, 0.5) is 10.5 Å². The highest BCUT2D eigenvalue weighted by Gasteiger charge is 2.14. The molecule has 4 nitrogen and oxygen atoms in total. The largest absolute Gasteiger partial charge is 0.396 e. The molecule has 1 rings (SSSR count). The molecule has 1 aromatic carbocycles. The molecule has 0 spiro atoms. The van der Waals surface area contributed by atoms with Crippen molar-refractivity contribution in [3.8, 4) is 0 Å². The molecule has 5 heteroatoms. The molecule has 0 saturated heterocycles. The fraction of sp³-hybridized carbons (Fsp3) is 0.462. The maximum atomic E-state index is 11.7. The number of urea groups is 1. The Kier molecular flexibility index (Phi) is 5.44. The van der Waals surface area contributed by atoms with Gasteiger partial charge in [0.15, 0.2) is 0 Å². The van der Waals surface area contributed by atoms with Gasteiger partial charge in [0.05, 0.1) is 0 Å². The number of anilines is 1. The molecule has 100 valence electrons. The Hall–Kier alpha value is -1.26. The molecule has 0 aliphatic carbocycles. The maximum absolute atomic E-state index is 11.7. The first kappa shape index (κ1) is 14.8. The summed E-state index contributed by atoms with van der Waals surface area (Å²) in [7, 11) is 0. The van der Waals surface area contributed by atoms with Crippen LogP contribution in [0, 0.1) is 12.8 Å². The predicted molar refractivity (Wildman–Crippen MR) is 74.1 cm³/mol. The molecule has 0 radical (unpaired) electrons. The minimum absolute atomic E-state index is 0.0158. The first-order valence-electron chi connectivity index (χ1n) is 5.88. The molecular formula is C13H19ClN2O2. The lowest BCUT2D eigenvalue weighted by atomic mass is 10.1. The molecule has 3 N–H and O–H groups in total. The van der Waals surface area contributed by atoms with Gasteiger partial charge in [0.25, 0.3) is 0 Å². The summed E-state index contributed by atoms with van der Waals surface area (Å²) in [5.41, 5.74) is 1.63. The highest BCUT2D eigenvalue weighted by atomic mass is 35.5. The number of hydrogen-bond donors (Lipinski definition) is 3. The van der Waals surface area contributed by atoms with Gasteiger partial charge in [-0.15, -0.1) is 0 Å². The highest BCUT2D eigenvalue weighted by Crippen LogP contribution is 2.19. The van der Waals surface area contributed by atoms with Crippen LogP contribution < -0.4 is 10.6 Å². The van der Waals surface area contributed by atoms with E-state index in [1.54, 1.807) is 18.2 Å². The van der Waals surface area contributed by atoms with E-state index in [0.717, 1.165) is 11.3 Å². The zero-order valence-electron chi connectivity index (χ0n) is 10.8. The van der Waals surface area contributed by atoms with Crippen molar-refractivity contribution in [2.75, 3.05) is 11.9 Å². The number of aryl methyl sites for hydroxylation is 1. The highest BCUT2D eigenvalue weighted by molar-refractivity contribution is 6.30. The van der Waals surface area contributed by atoms with Crippen LogP contribution in [0.1, 0.15) is 19.4 Å². The fourth-order valence-corrected chi connectivity index (χ4v) is 1.66. The predicted octanol–water partition coefficient (Wildman–Crippen LogP) is 2.79. The van der Waals surface area contributed by atoms with Gasteiger partial charge in [-0.1, -0.05) is 18.5 Å². The summed E-state index contributed by atoms with van der Waals surface area (Å²) in [5, 5.41) is 15.2. The van der Waals surface area contributed by atoms with Gasteiger partial charge in [0.1, 0.15) is 0 Å². The maximum Gasteiger partial charge on any atom is 0.319 e. The van der Waals surface area contributed by atoms with Crippen molar-refractivity contribution in [1.29, 1.82) is 0 Å². The molecule has 1 aromatic rings. The van der Waals surface area contributed by atoms with Gasteiger partial charge in [-0.25, -0.2) is 4.79 Å². The normalized spacial score (nSPS) is 13.8. The molecule has 2 amide bonds. The van der Waals surface area contributed by atoms with Crippen molar-refractivity contribution in [2.24, 2.45) is 5.92 Å². The summed E-state index contributed by atoms with van der Waals surface area (Å²) in [6.45, 7) is 5.65. The lowest BCUT2D eigenvalue weighted by Crippen LogP contribution is -2.40. The number of benzene rings is 1. The Bertz CT molecular complexity index is 423. The Morgan fingerprint density at radius 3 is 2.67 bits per heavy atom. The number of carbonyl (C=O) groups is 1. The zero-order valence-corrected chi connectivity index (χ0v) is 11.6. The van der Waals surface area contributed by atoms with Crippen LogP contribution in [-0.4, -0.2) is 23.8 Å². The second-order valence-corrected chi connectivity index (χ2v) is 4.94. The molecule has 0 aliphatic rings. The number of rotatable bonds is 4. The molecule has 18 heavy (non-hydrogen) atoms. The van der Waals surface area contributed by atoms with Crippen molar-refractivity contribution >= 4 is 23.3 Å². The number of aliphatic hydroxyl groups is 1. The Morgan fingerprint density at radius 2 is 2.11 bits per heavy atom. The molecule has 0 fully saturated rings. The summed E-state index contributed by atoms with van der Waals surface area (Å²) >= 11 is 5.84. The van der Waals surface area contributed by atoms with Gasteiger partial charge >= 0.3 is 6.03 Å². The lowest BCUT2D eigenvalue weighted by Gasteiger charge is -2.20. The van der Waals surface area contributed by atoms with Crippen molar-refractivity contribution in [1.82, 2.24) is 5.32 Å². The molecule has 2 unspecified atom stereocenters. The van der Waals surface area contributed by atoms with E-state index in [-0.39, 0.29) is 24.6 Å². The first-order chi connectivity index (χ1) is 8.43. The summed E-state index contributed by atoms with van der Waals surface area (Å²) in [6.07, 6.45) is 0. The topological polar surface area (TPSA) is 61.4 Å². The Labute approximate surface area is 112 Å². The van der Waals surface area contributed by atoms with Gasteiger partial charge in [-0.2, -0.15) is 0 Å². The SMILES string of the molecule is Cc1cc(Cl)ccc1NC(=O)NC(C)C(C)CO. The van der Waals surface area contributed by atoms with Crippen LogP contribution in [-0.2, 0) is 0 Å². The van der Waals surface area contributed by atoms with Crippen molar-refractivity contribution in [3.63, 3.8) is 0 Å². The van der Waals surface area contributed by atoms with Crippen LogP contribution in [0.5, 0.6) is 0 Å². The van der Waals surface area contributed by atoms with E-state index in [2.05, 4.69) is 10.6 Å². The monoisotopic (exact) mass is 270 g/mol. The fourth-order valence-electron chi connectivity index (χ4n) is 1.43. The van der Waals surface area contributed by atoms with Gasteiger partial charge in [0, 0.05) is 23.4 Å². The molecule has 0 heterocycles. The molecule has 0 aliphatic heterocycles. The average molecular weight is 271 g/mol. The van der Waals surface area contributed by atoms with Crippen LogP contribution in [0.15, 0.2) is 18.2 Å².